The molecule has 114 valence electrons. The zero-order valence-electron chi connectivity index (χ0n) is 12.6. The Morgan fingerprint density at radius 1 is 1.18 bits per heavy atom. The van der Waals surface area contributed by atoms with Crippen LogP contribution in [0.3, 0.4) is 0 Å². The third-order valence-electron chi connectivity index (χ3n) is 4.32. The molecule has 0 saturated carbocycles. The van der Waals surface area contributed by atoms with E-state index in [4.69, 9.17) is 5.73 Å². The van der Waals surface area contributed by atoms with E-state index in [9.17, 15) is 4.79 Å². The van der Waals surface area contributed by atoms with Crippen LogP contribution in [0, 0.1) is 0 Å². The van der Waals surface area contributed by atoms with Gasteiger partial charge < -0.3 is 10.6 Å². The topological polar surface area (TPSA) is 46.3 Å². The molecule has 4 heteroatoms. The van der Waals surface area contributed by atoms with Gasteiger partial charge in [0.05, 0.1) is 0 Å². The molecule has 0 saturated heterocycles. The molecule has 1 heterocycles. The normalized spacial score (nSPS) is 16.8. The zero-order valence-corrected chi connectivity index (χ0v) is 14.1. The molecule has 2 aromatic carbocycles. The molecule has 0 aromatic heterocycles. The van der Waals surface area contributed by atoms with E-state index in [0.717, 1.165) is 16.5 Å². The van der Waals surface area contributed by atoms with Crippen LogP contribution in [0.25, 0.3) is 0 Å². The van der Waals surface area contributed by atoms with Crippen LogP contribution < -0.4 is 5.73 Å². The molecule has 0 spiro atoms. The van der Waals surface area contributed by atoms with Crippen molar-refractivity contribution in [2.45, 2.75) is 25.4 Å². The van der Waals surface area contributed by atoms with Crippen LogP contribution in [0.5, 0.6) is 0 Å². The maximum absolute atomic E-state index is 12.9. The monoisotopic (exact) mass is 358 g/mol. The first-order valence-corrected chi connectivity index (χ1v) is 8.19. The summed E-state index contributed by atoms with van der Waals surface area (Å²) in [6.45, 7) is 3.11. The van der Waals surface area contributed by atoms with Gasteiger partial charge >= 0.3 is 0 Å². The van der Waals surface area contributed by atoms with Gasteiger partial charge in [0.2, 0.25) is 5.91 Å². The first-order chi connectivity index (χ1) is 10.5. The summed E-state index contributed by atoms with van der Waals surface area (Å²) >= 11 is 3.58. The van der Waals surface area contributed by atoms with Gasteiger partial charge in [0.1, 0.15) is 5.54 Å². The number of carbonyl (C=O) groups excluding carboxylic acids is 1. The van der Waals surface area contributed by atoms with Crippen molar-refractivity contribution in [2.75, 3.05) is 6.54 Å². The summed E-state index contributed by atoms with van der Waals surface area (Å²) in [4.78, 5) is 14.8. The molecule has 22 heavy (non-hydrogen) atoms. The van der Waals surface area contributed by atoms with Crippen molar-refractivity contribution in [2.24, 2.45) is 5.73 Å². The minimum atomic E-state index is -1.000. The highest BCUT2D eigenvalue weighted by atomic mass is 79.9. The molecule has 1 amide bonds. The lowest BCUT2D eigenvalue weighted by atomic mass is 9.90. The van der Waals surface area contributed by atoms with Crippen LogP contribution in [0.2, 0.25) is 0 Å². The van der Waals surface area contributed by atoms with Crippen LogP contribution in [-0.4, -0.2) is 17.4 Å². The molecule has 3 rings (SSSR count). The van der Waals surface area contributed by atoms with Gasteiger partial charge in [0, 0.05) is 17.6 Å². The molecular formula is C18H19BrN2O. The number of nitrogens with zero attached hydrogens (tertiary/aromatic N) is 1. The lowest BCUT2D eigenvalue weighted by Gasteiger charge is -2.35. The lowest BCUT2D eigenvalue weighted by molar-refractivity contribution is -0.137. The second-order valence-corrected chi connectivity index (χ2v) is 6.78. The van der Waals surface area contributed by atoms with Crippen molar-refractivity contribution in [1.29, 1.82) is 0 Å². The van der Waals surface area contributed by atoms with Gasteiger partial charge in [-0.05, 0) is 36.1 Å². The summed E-state index contributed by atoms with van der Waals surface area (Å²) in [5.74, 6) is -0.0277. The molecule has 0 bridgehead atoms. The fourth-order valence-corrected chi connectivity index (χ4v) is 3.48. The molecule has 0 fully saturated rings. The van der Waals surface area contributed by atoms with Crippen molar-refractivity contribution in [3.63, 3.8) is 0 Å². The smallest absolute Gasteiger partial charge is 0.247 e. The van der Waals surface area contributed by atoms with Crippen molar-refractivity contribution in [1.82, 2.24) is 4.90 Å². The van der Waals surface area contributed by atoms with Crippen LogP contribution in [0.15, 0.2) is 53.0 Å². The van der Waals surface area contributed by atoms with E-state index in [1.54, 1.807) is 6.92 Å². The number of carbonyl (C=O) groups is 1. The van der Waals surface area contributed by atoms with Crippen LogP contribution in [0.4, 0.5) is 0 Å². The average molecular weight is 359 g/mol. The number of benzene rings is 2. The van der Waals surface area contributed by atoms with E-state index >= 15 is 0 Å². The van der Waals surface area contributed by atoms with Gasteiger partial charge in [-0.3, -0.25) is 4.79 Å². The largest absolute Gasteiger partial charge is 0.336 e. The Bertz CT molecular complexity index is 697. The highest BCUT2D eigenvalue weighted by molar-refractivity contribution is 9.10. The third-order valence-corrected chi connectivity index (χ3v) is 5.06. The van der Waals surface area contributed by atoms with Crippen molar-refractivity contribution < 1.29 is 4.79 Å². The summed E-state index contributed by atoms with van der Waals surface area (Å²) in [7, 11) is 0. The number of halogens is 1. The number of fused-ring (bicyclic) bond motifs is 1. The SMILES string of the molecule is CC(N)(C(=O)N1CCc2cccc(Br)c2C1)c1ccccc1. The van der Waals surface area contributed by atoms with Gasteiger partial charge in [-0.15, -0.1) is 0 Å². The number of hydrogen-bond donors (Lipinski definition) is 1. The van der Waals surface area contributed by atoms with Crippen molar-refractivity contribution in [3.8, 4) is 0 Å². The standard InChI is InChI=1S/C18H19BrN2O/c1-18(20,14-7-3-2-4-8-14)17(22)21-11-10-13-6-5-9-16(19)15(13)12-21/h2-9H,10-12,20H2,1H3. The van der Waals surface area contributed by atoms with E-state index in [1.807, 2.05) is 47.4 Å². The maximum Gasteiger partial charge on any atom is 0.247 e. The molecule has 0 aliphatic carbocycles. The summed E-state index contributed by atoms with van der Waals surface area (Å²) in [6, 6.07) is 15.8. The number of rotatable bonds is 2. The quantitative estimate of drug-likeness (QED) is 0.895. The number of amides is 1. The molecule has 2 aromatic rings. The highest BCUT2D eigenvalue weighted by Gasteiger charge is 2.35. The van der Waals surface area contributed by atoms with Crippen LogP contribution >= 0.6 is 15.9 Å². The zero-order chi connectivity index (χ0) is 15.7. The van der Waals surface area contributed by atoms with Gasteiger partial charge in [-0.1, -0.05) is 58.4 Å². The summed E-state index contributed by atoms with van der Waals surface area (Å²) in [5.41, 5.74) is 8.70. The average Bonchev–Trinajstić information content (AvgIpc) is 2.55. The van der Waals surface area contributed by atoms with Gasteiger partial charge in [-0.2, -0.15) is 0 Å². The molecule has 1 aliphatic heterocycles. The molecule has 3 nitrogen and oxygen atoms in total. The highest BCUT2D eigenvalue weighted by Crippen LogP contribution is 2.29. The van der Waals surface area contributed by atoms with Crippen LogP contribution in [-0.2, 0) is 23.3 Å². The second-order valence-electron chi connectivity index (χ2n) is 5.92. The second kappa shape index (κ2) is 5.86. The Labute approximate surface area is 139 Å². The summed E-state index contributed by atoms with van der Waals surface area (Å²) in [5, 5.41) is 0. The number of hydrogen-bond acceptors (Lipinski definition) is 2. The first-order valence-electron chi connectivity index (χ1n) is 7.40. The molecule has 0 radical (unpaired) electrons. The predicted octanol–water partition coefficient (Wildman–Crippen LogP) is 3.21. The van der Waals surface area contributed by atoms with Gasteiger partial charge in [0.25, 0.3) is 0 Å². The Morgan fingerprint density at radius 3 is 2.64 bits per heavy atom. The third kappa shape index (κ3) is 2.69. The molecule has 1 atom stereocenters. The van der Waals surface area contributed by atoms with E-state index in [0.29, 0.717) is 13.1 Å². The van der Waals surface area contributed by atoms with Crippen molar-refractivity contribution in [3.05, 3.63) is 69.7 Å². The summed E-state index contributed by atoms with van der Waals surface area (Å²) < 4.78 is 1.06. The van der Waals surface area contributed by atoms with E-state index in [-0.39, 0.29) is 5.91 Å². The fraction of sp³-hybridized carbons (Fsp3) is 0.278. The van der Waals surface area contributed by atoms with E-state index in [1.165, 1.54) is 11.1 Å². The maximum atomic E-state index is 12.9. The van der Waals surface area contributed by atoms with Crippen molar-refractivity contribution >= 4 is 21.8 Å². The molecule has 1 aliphatic rings. The lowest BCUT2D eigenvalue weighted by Crippen LogP contribution is -2.52. The molecule has 2 N–H and O–H groups in total. The minimum absolute atomic E-state index is 0.0277. The summed E-state index contributed by atoms with van der Waals surface area (Å²) in [6.07, 6.45) is 0.866. The Morgan fingerprint density at radius 2 is 1.91 bits per heavy atom. The fourth-order valence-electron chi connectivity index (χ4n) is 2.95. The molecular weight excluding hydrogens is 340 g/mol. The van der Waals surface area contributed by atoms with E-state index in [2.05, 4.69) is 22.0 Å². The van der Waals surface area contributed by atoms with Crippen LogP contribution in [0.1, 0.15) is 23.6 Å². The Kier molecular flexibility index (Phi) is 4.06. The van der Waals surface area contributed by atoms with E-state index < -0.39 is 5.54 Å². The number of nitrogens with two attached hydrogens (primary N) is 1. The van der Waals surface area contributed by atoms with Gasteiger partial charge in [0.15, 0.2) is 0 Å². The first kappa shape index (κ1) is 15.3. The molecule has 1 unspecified atom stereocenters. The Balaban J connectivity index is 1.87. The van der Waals surface area contributed by atoms with Gasteiger partial charge in [-0.25, -0.2) is 0 Å². The predicted molar refractivity (Wildman–Crippen MR) is 91.2 cm³/mol. The minimum Gasteiger partial charge on any atom is -0.336 e. The Hall–Kier alpha value is -1.65.